The van der Waals surface area contributed by atoms with Crippen molar-refractivity contribution in [3.8, 4) is 0 Å². The molecule has 0 saturated carbocycles. The molecule has 6 nitrogen and oxygen atoms in total. The van der Waals surface area contributed by atoms with Gasteiger partial charge in [0, 0.05) is 19.3 Å². The lowest BCUT2D eigenvalue weighted by Crippen LogP contribution is -2.60. The number of aliphatic hydroxyl groups excluding tert-OH is 1. The van der Waals surface area contributed by atoms with Crippen molar-refractivity contribution in [2.45, 2.75) is 25.9 Å². The van der Waals surface area contributed by atoms with Gasteiger partial charge in [-0.05, 0) is 30.5 Å². The summed E-state index contributed by atoms with van der Waals surface area (Å²) in [6.45, 7) is 5.47. The number of carbonyl (C=O) groups excluding carboxylic acids is 2. The molecule has 2 heterocycles. The first-order valence-electron chi connectivity index (χ1n) is 9.07. The second kappa shape index (κ2) is 8.71. The van der Waals surface area contributed by atoms with Gasteiger partial charge in [-0.15, -0.1) is 0 Å². The van der Waals surface area contributed by atoms with Crippen LogP contribution in [-0.4, -0.2) is 46.0 Å². The predicted molar refractivity (Wildman–Crippen MR) is 108 cm³/mol. The molecule has 152 valence electrons. The molecule has 1 aromatic heterocycles. The minimum Gasteiger partial charge on any atom is -0.396 e. The number of nitrogens with zero attached hydrogens (tertiary/aromatic N) is 3. The Balaban J connectivity index is 1.96. The summed E-state index contributed by atoms with van der Waals surface area (Å²) in [7, 11) is 0. The lowest BCUT2D eigenvalue weighted by atomic mass is 9.98. The Labute approximate surface area is 173 Å². The third kappa shape index (κ3) is 4.46. The van der Waals surface area contributed by atoms with Gasteiger partial charge in [0.15, 0.2) is 11.6 Å². The highest BCUT2D eigenvalue weighted by Gasteiger charge is 2.42. The SMILES string of the molecule is C=C(CCO)C1C(=O)N(c2ncc(Cl)cc2F)CC(=O)N1Cc1ccc(C)cc1. The van der Waals surface area contributed by atoms with Gasteiger partial charge in [-0.25, -0.2) is 9.37 Å². The molecular weight excluding hydrogens is 397 g/mol. The molecule has 0 aliphatic carbocycles. The van der Waals surface area contributed by atoms with Crippen molar-refractivity contribution in [3.05, 3.63) is 70.6 Å². The number of hydrogen-bond acceptors (Lipinski definition) is 4. The Morgan fingerprint density at radius 1 is 1.34 bits per heavy atom. The highest BCUT2D eigenvalue weighted by Crippen LogP contribution is 2.28. The fraction of sp³-hybridized carbons (Fsp3) is 0.286. The van der Waals surface area contributed by atoms with Gasteiger partial charge in [0.1, 0.15) is 12.6 Å². The number of hydrogen-bond donors (Lipinski definition) is 1. The zero-order valence-electron chi connectivity index (χ0n) is 15.9. The number of amides is 2. The lowest BCUT2D eigenvalue weighted by Gasteiger charge is -2.40. The number of aryl methyl sites for hydroxylation is 1. The molecule has 3 rings (SSSR count). The summed E-state index contributed by atoms with van der Waals surface area (Å²) < 4.78 is 14.4. The van der Waals surface area contributed by atoms with Crippen molar-refractivity contribution in [2.24, 2.45) is 0 Å². The molecule has 0 bridgehead atoms. The maximum absolute atomic E-state index is 14.4. The summed E-state index contributed by atoms with van der Waals surface area (Å²) >= 11 is 5.74. The molecule has 1 saturated heterocycles. The number of carbonyl (C=O) groups is 2. The van der Waals surface area contributed by atoms with Crippen LogP contribution in [0.1, 0.15) is 17.5 Å². The van der Waals surface area contributed by atoms with E-state index in [9.17, 15) is 19.1 Å². The standard InChI is InChI=1S/C21H21ClFN3O3/c1-13-3-5-15(6-4-13)11-25-18(28)12-26(20-17(23)9-16(22)10-24-20)21(29)19(25)14(2)7-8-27/h3-6,9-10,19,27H,2,7-8,11-12H2,1H3. The van der Waals surface area contributed by atoms with E-state index in [1.54, 1.807) is 0 Å². The molecule has 1 N–H and O–H groups in total. The zero-order valence-corrected chi connectivity index (χ0v) is 16.7. The molecular formula is C21H21ClFN3O3. The van der Waals surface area contributed by atoms with Crippen molar-refractivity contribution in [1.82, 2.24) is 9.88 Å². The van der Waals surface area contributed by atoms with Gasteiger partial charge >= 0.3 is 0 Å². The number of piperazine rings is 1. The van der Waals surface area contributed by atoms with E-state index < -0.39 is 17.8 Å². The third-order valence-electron chi connectivity index (χ3n) is 4.76. The van der Waals surface area contributed by atoms with Crippen molar-refractivity contribution in [2.75, 3.05) is 18.1 Å². The van der Waals surface area contributed by atoms with E-state index in [1.807, 2.05) is 31.2 Å². The maximum Gasteiger partial charge on any atom is 0.255 e. The van der Waals surface area contributed by atoms with Gasteiger partial charge in [-0.3, -0.25) is 14.5 Å². The highest BCUT2D eigenvalue weighted by atomic mass is 35.5. The molecule has 1 fully saturated rings. The van der Waals surface area contributed by atoms with Crippen LogP contribution in [0.3, 0.4) is 0 Å². The molecule has 29 heavy (non-hydrogen) atoms. The van der Waals surface area contributed by atoms with E-state index in [4.69, 9.17) is 11.6 Å². The van der Waals surface area contributed by atoms with E-state index in [1.165, 1.54) is 11.1 Å². The van der Waals surface area contributed by atoms with Crippen LogP contribution in [0.25, 0.3) is 0 Å². The van der Waals surface area contributed by atoms with Gasteiger partial charge in [-0.2, -0.15) is 0 Å². The van der Waals surface area contributed by atoms with E-state index in [0.29, 0.717) is 5.57 Å². The number of aromatic nitrogens is 1. The summed E-state index contributed by atoms with van der Waals surface area (Å²) in [5.41, 5.74) is 2.30. The summed E-state index contributed by atoms with van der Waals surface area (Å²) in [5.74, 6) is -1.95. The van der Waals surface area contributed by atoms with Gasteiger partial charge < -0.3 is 10.0 Å². The Bertz CT molecular complexity index is 949. The van der Waals surface area contributed by atoms with Crippen molar-refractivity contribution in [3.63, 3.8) is 0 Å². The molecule has 8 heteroatoms. The number of rotatable bonds is 6. The lowest BCUT2D eigenvalue weighted by molar-refractivity contribution is -0.142. The minimum atomic E-state index is -1.03. The fourth-order valence-electron chi connectivity index (χ4n) is 3.26. The van der Waals surface area contributed by atoms with Crippen LogP contribution in [0.15, 0.2) is 48.7 Å². The minimum absolute atomic E-state index is 0.0873. The smallest absolute Gasteiger partial charge is 0.255 e. The van der Waals surface area contributed by atoms with Crippen LogP contribution in [0, 0.1) is 12.7 Å². The largest absolute Gasteiger partial charge is 0.396 e. The predicted octanol–water partition coefficient (Wildman–Crippen LogP) is 2.87. The molecule has 0 radical (unpaired) electrons. The summed E-state index contributed by atoms with van der Waals surface area (Å²) in [5, 5.41) is 9.39. The monoisotopic (exact) mass is 417 g/mol. The quantitative estimate of drug-likeness (QED) is 0.733. The summed E-state index contributed by atoms with van der Waals surface area (Å²) in [6.07, 6.45) is 1.35. The molecule has 1 aromatic carbocycles. The van der Waals surface area contributed by atoms with E-state index in [2.05, 4.69) is 11.6 Å². The average molecular weight is 418 g/mol. The van der Waals surface area contributed by atoms with Gasteiger partial charge in [0.25, 0.3) is 5.91 Å². The number of pyridine rings is 1. The first-order valence-corrected chi connectivity index (χ1v) is 9.45. The molecule has 1 atom stereocenters. The van der Waals surface area contributed by atoms with Crippen LogP contribution in [0.2, 0.25) is 5.02 Å². The van der Waals surface area contributed by atoms with Crippen LogP contribution in [0.4, 0.5) is 10.2 Å². The van der Waals surface area contributed by atoms with Crippen LogP contribution in [-0.2, 0) is 16.1 Å². The molecule has 2 amide bonds. The average Bonchev–Trinajstić information content (AvgIpc) is 2.67. The van der Waals surface area contributed by atoms with Crippen molar-refractivity contribution < 1.29 is 19.1 Å². The first kappa shape index (κ1) is 21.0. The van der Waals surface area contributed by atoms with Gasteiger partial charge in [0.05, 0.1) is 5.02 Å². The summed E-state index contributed by atoms with van der Waals surface area (Å²) in [4.78, 5) is 32.5. The third-order valence-corrected chi connectivity index (χ3v) is 4.97. The van der Waals surface area contributed by atoms with Crippen LogP contribution in [0.5, 0.6) is 0 Å². The molecule has 2 aromatic rings. The Morgan fingerprint density at radius 2 is 2.03 bits per heavy atom. The highest BCUT2D eigenvalue weighted by molar-refractivity contribution is 6.30. The topological polar surface area (TPSA) is 73.7 Å². The normalized spacial score (nSPS) is 17.0. The second-order valence-corrected chi connectivity index (χ2v) is 7.36. The molecule has 1 aliphatic rings. The van der Waals surface area contributed by atoms with Crippen LogP contribution < -0.4 is 4.90 Å². The number of anilines is 1. The van der Waals surface area contributed by atoms with Gasteiger partial charge in [0.2, 0.25) is 5.91 Å². The van der Waals surface area contributed by atoms with E-state index in [-0.39, 0.29) is 42.9 Å². The Hall–Kier alpha value is -2.77. The van der Waals surface area contributed by atoms with Crippen molar-refractivity contribution >= 4 is 29.2 Å². The number of benzene rings is 1. The van der Waals surface area contributed by atoms with E-state index >= 15 is 0 Å². The zero-order chi connectivity index (χ0) is 21.1. The first-order chi connectivity index (χ1) is 13.8. The molecule has 0 spiro atoms. The molecule has 1 unspecified atom stereocenters. The summed E-state index contributed by atoms with van der Waals surface area (Å²) in [6, 6.07) is 7.61. The van der Waals surface area contributed by atoms with E-state index in [0.717, 1.165) is 22.1 Å². The maximum atomic E-state index is 14.4. The van der Waals surface area contributed by atoms with Gasteiger partial charge in [-0.1, -0.05) is 48.0 Å². The molecule has 1 aliphatic heterocycles. The number of halogens is 2. The fourth-order valence-corrected chi connectivity index (χ4v) is 3.40. The Morgan fingerprint density at radius 3 is 2.66 bits per heavy atom. The van der Waals surface area contributed by atoms with Crippen LogP contribution >= 0.6 is 11.6 Å². The Kier molecular flexibility index (Phi) is 6.30. The second-order valence-electron chi connectivity index (χ2n) is 6.92. The van der Waals surface area contributed by atoms with Crippen molar-refractivity contribution in [1.29, 1.82) is 0 Å². The number of aliphatic hydroxyl groups is 1.